The molecule has 3 aromatic heterocycles. The van der Waals surface area contributed by atoms with Crippen LogP contribution >= 0.6 is 11.3 Å². The standard InChI is InChI=1S/C19H13F3N4O2S/c20-19(21,22)12-5-2-1-4-11(12)9-28-14-8-15(29-16(14)17(23)27)26-10-25-18-13(26)6-3-7-24-18/h1-8,10H,9H2,(H2,23,27). The third-order valence-corrected chi connectivity index (χ3v) is 5.30. The number of halogens is 3. The second-order valence-electron chi connectivity index (χ2n) is 6.05. The minimum atomic E-state index is -4.50. The summed E-state index contributed by atoms with van der Waals surface area (Å²) in [5.41, 5.74) is 5.83. The van der Waals surface area contributed by atoms with Crippen LogP contribution in [0.5, 0.6) is 5.75 Å². The Morgan fingerprint density at radius 3 is 2.72 bits per heavy atom. The molecule has 0 aliphatic carbocycles. The van der Waals surface area contributed by atoms with E-state index in [1.807, 2.05) is 0 Å². The van der Waals surface area contributed by atoms with Gasteiger partial charge < -0.3 is 10.5 Å². The molecule has 1 aromatic carbocycles. The molecule has 3 heterocycles. The summed E-state index contributed by atoms with van der Waals surface area (Å²) in [5, 5.41) is 0.577. The average molecular weight is 418 g/mol. The fraction of sp³-hybridized carbons (Fsp3) is 0.105. The number of carbonyl (C=O) groups is 1. The first-order valence-corrected chi connectivity index (χ1v) is 9.16. The van der Waals surface area contributed by atoms with Crippen LogP contribution in [0.3, 0.4) is 0 Å². The second kappa shape index (κ2) is 7.21. The molecule has 0 aliphatic rings. The monoisotopic (exact) mass is 418 g/mol. The van der Waals surface area contributed by atoms with Gasteiger partial charge in [-0.15, -0.1) is 11.3 Å². The van der Waals surface area contributed by atoms with Gasteiger partial charge in [0.1, 0.15) is 28.6 Å². The van der Waals surface area contributed by atoms with E-state index in [9.17, 15) is 18.0 Å². The van der Waals surface area contributed by atoms with E-state index in [-0.39, 0.29) is 22.8 Å². The number of primary amides is 1. The predicted molar refractivity (Wildman–Crippen MR) is 101 cm³/mol. The summed E-state index contributed by atoms with van der Waals surface area (Å²) in [7, 11) is 0. The first-order chi connectivity index (χ1) is 13.8. The first kappa shape index (κ1) is 18.9. The summed E-state index contributed by atoms with van der Waals surface area (Å²) in [6, 6.07) is 10.2. The quantitative estimate of drug-likeness (QED) is 0.527. The van der Waals surface area contributed by atoms with Crippen LogP contribution in [-0.4, -0.2) is 20.4 Å². The zero-order valence-corrected chi connectivity index (χ0v) is 15.5. The van der Waals surface area contributed by atoms with Crippen LogP contribution < -0.4 is 10.5 Å². The molecule has 0 spiro atoms. The summed E-state index contributed by atoms with van der Waals surface area (Å²) in [6.07, 6.45) is -1.36. The van der Waals surface area contributed by atoms with Crippen molar-refractivity contribution in [2.45, 2.75) is 12.8 Å². The fourth-order valence-corrected chi connectivity index (χ4v) is 3.80. The molecular formula is C19H13F3N4O2S. The van der Waals surface area contributed by atoms with E-state index in [0.29, 0.717) is 16.2 Å². The maximum absolute atomic E-state index is 13.2. The van der Waals surface area contributed by atoms with Crippen molar-refractivity contribution in [3.8, 4) is 10.8 Å². The molecule has 148 valence electrons. The number of thiophene rings is 1. The maximum atomic E-state index is 13.2. The summed E-state index contributed by atoms with van der Waals surface area (Å²) in [6.45, 7) is -0.363. The Morgan fingerprint density at radius 2 is 1.97 bits per heavy atom. The van der Waals surface area contributed by atoms with Crippen LogP contribution in [0.25, 0.3) is 16.2 Å². The number of rotatable bonds is 5. The highest BCUT2D eigenvalue weighted by Crippen LogP contribution is 2.35. The lowest BCUT2D eigenvalue weighted by Gasteiger charge is -2.13. The Labute approximate surface area is 166 Å². The molecule has 0 aliphatic heterocycles. The molecular weight excluding hydrogens is 405 g/mol. The SMILES string of the molecule is NC(=O)c1sc(-n2cnc3ncccc32)cc1OCc1ccccc1C(F)(F)F. The predicted octanol–water partition coefficient (Wildman–Crippen LogP) is 4.18. The topological polar surface area (TPSA) is 83.0 Å². The zero-order chi connectivity index (χ0) is 20.6. The molecule has 0 unspecified atom stereocenters. The van der Waals surface area contributed by atoms with Crippen molar-refractivity contribution in [2.75, 3.05) is 0 Å². The number of ether oxygens (including phenoxy) is 1. The number of hydrogen-bond acceptors (Lipinski definition) is 5. The van der Waals surface area contributed by atoms with Gasteiger partial charge in [0.15, 0.2) is 5.65 Å². The van der Waals surface area contributed by atoms with Crippen LogP contribution in [0.2, 0.25) is 0 Å². The van der Waals surface area contributed by atoms with Crippen LogP contribution in [0.4, 0.5) is 13.2 Å². The van der Waals surface area contributed by atoms with Crippen molar-refractivity contribution in [1.82, 2.24) is 14.5 Å². The number of fused-ring (bicyclic) bond motifs is 1. The van der Waals surface area contributed by atoms with Crippen molar-refractivity contribution >= 4 is 28.4 Å². The molecule has 0 radical (unpaired) electrons. The number of alkyl halides is 3. The van der Waals surface area contributed by atoms with Gasteiger partial charge in [0, 0.05) is 17.8 Å². The van der Waals surface area contributed by atoms with E-state index in [1.165, 1.54) is 24.5 Å². The van der Waals surface area contributed by atoms with Crippen LogP contribution in [-0.2, 0) is 12.8 Å². The lowest BCUT2D eigenvalue weighted by atomic mass is 10.1. The Bertz CT molecular complexity index is 1200. The van der Waals surface area contributed by atoms with Crippen molar-refractivity contribution in [2.24, 2.45) is 5.73 Å². The van der Waals surface area contributed by atoms with Crippen LogP contribution in [0.1, 0.15) is 20.8 Å². The first-order valence-electron chi connectivity index (χ1n) is 8.34. The van der Waals surface area contributed by atoms with E-state index < -0.39 is 17.6 Å². The lowest BCUT2D eigenvalue weighted by Crippen LogP contribution is -2.13. The molecule has 0 saturated heterocycles. The van der Waals surface area contributed by atoms with Gasteiger partial charge >= 0.3 is 6.18 Å². The Balaban J connectivity index is 1.68. The van der Waals surface area contributed by atoms with Crippen molar-refractivity contribution in [3.63, 3.8) is 0 Å². The highest BCUT2D eigenvalue weighted by molar-refractivity contribution is 7.16. The van der Waals surface area contributed by atoms with Gasteiger partial charge in [0.25, 0.3) is 5.91 Å². The van der Waals surface area contributed by atoms with E-state index in [1.54, 1.807) is 29.0 Å². The summed E-state index contributed by atoms with van der Waals surface area (Å²) < 4.78 is 46.8. The number of carbonyl (C=O) groups excluding carboxylic acids is 1. The number of pyridine rings is 1. The second-order valence-corrected chi connectivity index (χ2v) is 7.08. The number of nitrogens with zero attached hydrogens (tertiary/aromatic N) is 3. The van der Waals surface area contributed by atoms with E-state index in [4.69, 9.17) is 10.5 Å². The number of amides is 1. The van der Waals surface area contributed by atoms with E-state index in [2.05, 4.69) is 9.97 Å². The maximum Gasteiger partial charge on any atom is 0.416 e. The van der Waals surface area contributed by atoms with E-state index in [0.717, 1.165) is 17.4 Å². The number of benzene rings is 1. The molecule has 6 nitrogen and oxygen atoms in total. The lowest BCUT2D eigenvalue weighted by molar-refractivity contribution is -0.138. The van der Waals surface area contributed by atoms with Gasteiger partial charge in [-0.3, -0.25) is 9.36 Å². The minimum absolute atomic E-state index is 0.0412. The smallest absolute Gasteiger partial charge is 0.416 e. The van der Waals surface area contributed by atoms with Gasteiger partial charge in [-0.05, 0) is 18.2 Å². The number of nitrogens with two attached hydrogens (primary N) is 1. The third-order valence-electron chi connectivity index (χ3n) is 4.17. The molecule has 29 heavy (non-hydrogen) atoms. The van der Waals surface area contributed by atoms with E-state index >= 15 is 0 Å². The number of imidazole rings is 1. The fourth-order valence-electron chi connectivity index (χ4n) is 2.86. The minimum Gasteiger partial charge on any atom is -0.487 e. The molecule has 4 aromatic rings. The van der Waals surface area contributed by atoms with Gasteiger partial charge in [-0.1, -0.05) is 18.2 Å². The van der Waals surface area contributed by atoms with Gasteiger partial charge in [-0.25, -0.2) is 9.97 Å². The zero-order valence-electron chi connectivity index (χ0n) is 14.7. The summed E-state index contributed by atoms with van der Waals surface area (Å²) in [4.78, 5) is 20.3. The van der Waals surface area contributed by atoms with Crippen molar-refractivity contribution in [1.29, 1.82) is 0 Å². The highest BCUT2D eigenvalue weighted by atomic mass is 32.1. The number of aromatic nitrogens is 3. The molecule has 10 heteroatoms. The summed E-state index contributed by atoms with van der Waals surface area (Å²) >= 11 is 1.06. The van der Waals surface area contributed by atoms with Gasteiger partial charge in [0.05, 0.1) is 11.1 Å². The highest BCUT2D eigenvalue weighted by Gasteiger charge is 2.33. The van der Waals surface area contributed by atoms with Crippen LogP contribution in [0.15, 0.2) is 55.0 Å². The van der Waals surface area contributed by atoms with Gasteiger partial charge in [-0.2, -0.15) is 13.2 Å². The molecule has 0 fully saturated rings. The third kappa shape index (κ3) is 3.66. The van der Waals surface area contributed by atoms with Gasteiger partial charge in [0.2, 0.25) is 0 Å². The molecule has 0 atom stereocenters. The molecule has 1 amide bonds. The summed E-state index contributed by atoms with van der Waals surface area (Å²) in [5.74, 6) is -0.622. The molecule has 2 N–H and O–H groups in total. The molecule has 0 bridgehead atoms. The molecule has 0 saturated carbocycles. The number of hydrogen-bond donors (Lipinski definition) is 1. The Hall–Kier alpha value is -3.40. The normalized spacial score (nSPS) is 11.7. The Morgan fingerprint density at radius 1 is 1.17 bits per heavy atom. The largest absolute Gasteiger partial charge is 0.487 e. The van der Waals surface area contributed by atoms with Crippen molar-refractivity contribution < 1.29 is 22.7 Å². The average Bonchev–Trinajstić information content (AvgIpc) is 3.30. The molecule has 4 rings (SSSR count). The van der Waals surface area contributed by atoms with Crippen LogP contribution in [0, 0.1) is 0 Å². The van der Waals surface area contributed by atoms with Crippen molar-refractivity contribution in [3.05, 3.63) is 71.0 Å². The Kier molecular flexibility index (Phi) is 4.71.